The molecule has 0 saturated carbocycles. The zero-order valence-electron chi connectivity index (χ0n) is 10.2. The topological polar surface area (TPSA) is 65.7 Å². The smallest absolute Gasteiger partial charge is 0.302 e. The molecule has 1 aromatic carbocycles. The van der Waals surface area contributed by atoms with E-state index < -0.39 is 52.1 Å². The first kappa shape index (κ1) is 14.9. The van der Waals surface area contributed by atoms with Crippen LogP contribution in [0.1, 0.15) is 11.3 Å². The molecule has 0 fully saturated rings. The van der Waals surface area contributed by atoms with Crippen molar-refractivity contribution in [3.63, 3.8) is 0 Å². The number of rotatable bonds is 3. The zero-order valence-corrected chi connectivity index (χ0v) is 10.2. The molecule has 2 rings (SSSR count). The van der Waals surface area contributed by atoms with Gasteiger partial charge in [0.05, 0.1) is 0 Å². The van der Waals surface area contributed by atoms with Crippen molar-refractivity contribution in [1.29, 1.82) is 0 Å². The Morgan fingerprint density at radius 1 is 0.762 bits per heavy atom. The average molecular weight is 306 g/mol. The molecule has 2 aromatic rings. The predicted molar refractivity (Wildman–Crippen MR) is 61.3 cm³/mol. The SMILES string of the molecule is O=c1cc(CCc2c(F)c(F)c(F)c(F)c2F)[nH][nH]c1=O. The van der Waals surface area contributed by atoms with Gasteiger partial charge in [-0.05, 0) is 12.8 Å². The molecule has 2 N–H and O–H groups in total. The van der Waals surface area contributed by atoms with Crippen LogP contribution in [0.5, 0.6) is 0 Å². The first-order chi connectivity index (χ1) is 9.82. The second-order valence-corrected chi connectivity index (χ2v) is 4.16. The Morgan fingerprint density at radius 3 is 1.81 bits per heavy atom. The summed E-state index contributed by atoms with van der Waals surface area (Å²) in [7, 11) is 0. The van der Waals surface area contributed by atoms with Gasteiger partial charge in [0.1, 0.15) is 0 Å². The van der Waals surface area contributed by atoms with Crippen molar-refractivity contribution in [2.24, 2.45) is 0 Å². The summed E-state index contributed by atoms with van der Waals surface area (Å²) >= 11 is 0. The molecular weight excluding hydrogens is 299 g/mol. The number of H-pyrrole nitrogens is 2. The fourth-order valence-electron chi connectivity index (χ4n) is 1.72. The van der Waals surface area contributed by atoms with Gasteiger partial charge in [0, 0.05) is 17.3 Å². The van der Waals surface area contributed by atoms with Crippen molar-refractivity contribution in [2.75, 3.05) is 0 Å². The minimum Gasteiger partial charge on any atom is -0.302 e. The minimum atomic E-state index is -2.23. The number of hydrogen-bond acceptors (Lipinski definition) is 2. The Morgan fingerprint density at radius 2 is 1.29 bits per heavy atom. The summed E-state index contributed by atoms with van der Waals surface area (Å²) in [4.78, 5) is 21.9. The summed E-state index contributed by atoms with van der Waals surface area (Å²) in [6.45, 7) is 0. The predicted octanol–water partition coefficient (Wildman–Crippen LogP) is 1.54. The van der Waals surface area contributed by atoms with Crippen LogP contribution in [0.4, 0.5) is 22.0 Å². The Balaban J connectivity index is 2.34. The number of aryl methyl sites for hydroxylation is 1. The monoisotopic (exact) mass is 306 g/mol. The highest BCUT2D eigenvalue weighted by molar-refractivity contribution is 5.25. The fraction of sp³-hybridized carbons (Fsp3) is 0.167. The summed E-state index contributed by atoms with van der Waals surface area (Å²) < 4.78 is 65.6. The molecule has 112 valence electrons. The third-order valence-electron chi connectivity index (χ3n) is 2.81. The molecular formula is C12H7F5N2O2. The number of nitrogens with one attached hydrogen (secondary N) is 2. The molecule has 0 saturated heterocycles. The third-order valence-corrected chi connectivity index (χ3v) is 2.81. The summed E-state index contributed by atoms with van der Waals surface area (Å²) in [6, 6.07) is 0.880. The molecule has 21 heavy (non-hydrogen) atoms. The van der Waals surface area contributed by atoms with Gasteiger partial charge >= 0.3 is 5.56 Å². The average Bonchev–Trinajstić information content (AvgIpc) is 2.46. The molecule has 0 aliphatic heterocycles. The summed E-state index contributed by atoms with van der Waals surface area (Å²) in [6.07, 6.45) is -0.780. The molecule has 4 nitrogen and oxygen atoms in total. The maximum atomic E-state index is 13.4. The van der Waals surface area contributed by atoms with E-state index in [1.165, 1.54) is 0 Å². The standard InChI is InChI=1S/C12H7F5N2O2/c13-7-5(8(14)10(16)11(17)9(7)15)2-1-4-3-6(20)12(21)19-18-4/h3H,1-2H2,(H,18,20)(H,19,21). The molecule has 1 aromatic heterocycles. The van der Waals surface area contributed by atoms with Crippen molar-refractivity contribution in [3.05, 3.63) is 67.0 Å². The van der Waals surface area contributed by atoms with E-state index in [0.29, 0.717) is 0 Å². The van der Waals surface area contributed by atoms with Gasteiger partial charge in [-0.3, -0.25) is 14.7 Å². The molecule has 0 amide bonds. The van der Waals surface area contributed by atoms with E-state index >= 15 is 0 Å². The number of aromatic amines is 2. The lowest BCUT2D eigenvalue weighted by atomic mass is 10.1. The van der Waals surface area contributed by atoms with Crippen LogP contribution >= 0.6 is 0 Å². The van der Waals surface area contributed by atoms with Crippen molar-refractivity contribution >= 4 is 0 Å². The van der Waals surface area contributed by atoms with Crippen molar-refractivity contribution < 1.29 is 22.0 Å². The van der Waals surface area contributed by atoms with Crippen LogP contribution in [0.25, 0.3) is 0 Å². The lowest BCUT2D eigenvalue weighted by molar-refractivity contribution is 0.369. The van der Waals surface area contributed by atoms with E-state index in [4.69, 9.17) is 0 Å². The highest BCUT2D eigenvalue weighted by Gasteiger charge is 2.25. The Kier molecular flexibility index (Phi) is 3.92. The van der Waals surface area contributed by atoms with E-state index in [1.807, 2.05) is 5.10 Å². The van der Waals surface area contributed by atoms with Gasteiger partial charge < -0.3 is 5.10 Å². The molecule has 0 atom stereocenters. The second kappa shape index (κ2) is 5.51. The van der Waals surface area contributed by atoms with E-state index in [2.05, 4.69) is 5.10 Å². The van der Waals surface area contributed by atoms with Crippen LogP contribution in [0, 0.1) is 29.1 Å². The van der Waals surface area contributed by atoms with Gasteiger partial charge in [0.2, 0.25) is 11.2 Å². The van der Waals surface area contributed by atoms with Gasteiger partial charge in [-0.1, -0.05) is 0 Å². The van der Waals surface area contributed by atoms with E-state index in [-0.39, 0.29) is 12.1 Å². The molecule has 0 radical (unpaired) electrons. The summed E-state index contributed by atoms with van der Waals surface area (Å²) in [5.74, 6) is -10.1. The quantitative estimate of drug-likeness (QED) is 0.391. The van der Waals surface area contributed by atoms with E-state index in [9.17, 15) is 31.5 Å². The van der Waals surface area contributed by atoms with E-state index in [1.54, 1.807) is 0 Å². The highest BCUT2D eigenvalue weighted by Crippen LogP contribution is 2.23. The van der Waals surface area contributed by atoms with Gasteiger partial charge in [-0.15, -0.1) is 0 Å². The molecule has 0 bridgehead atoms. The normalized spacial score (nSPS) is 10.9. The molecule has 0 aliphatic carbocycles. The van der Waals surface area contributed by atoms with Gasteiger partial charge in [-0.25, -0.2) is 22.0 Å². The third kappa shape index (κ3) is 2.71. The molecule has 9 heteroatoms. The Bertz CT molecular complexity index is 783. The molecule has 0 unspecified atom stereocenters. The first-order valence-corrected chi connectivity index (χ1v) is 5.64. The number of hydrogen-bond donors (Lipinski definition) is 2. The van der Waals surface area contributed by atoms with Crippen LogP contribution in [0.2, 0.25) is 0 Å². The summed E-state index contributed by atoms with van der Waals surface area (Å²) in [5.41, 5.74) is -2.71. The van der Waals surface area contributed by atoms with Gasteiger partial charge in [0.15, 0.2) is 23.3 Å². The maximum absolute atomic E-state index is 13.4. The largest absolute Gasteiger partial charge is 0.310 e. The second-order valence-electron chi connectivity index (χ2n) is 4.16. The number of halogens is 5. The van der Waals surface area contributed by atoms with Crippen molar-refractivity contribution in [1.82, 2.24) is 10.2 Å². The lowest BCUT2D eigenvalue weighted by Gasteiger charge is -2.08. The van der Waals surface area contributed by atoms with Gasteiger partial charge in [-0.2, -0.15) is 0 Å². The first-order valence-electron chi connectivity index (χ1n) is 5.64. The van der Waals surface area contributed by atoms with Crippen molar-refractivity contribution in [3.8, 4) is 0 Å². The maximum Gasteiger partial charge on any atom is 0.310 e. The van der Waals surface area contributed by atoms with Gasteiger partial charge in [0.25, 0.3) is 0 Å². The molecule has 1 heterocycles. The number of benzene rings is 1. The van der Waals surface area contributed by atoms with E-state index in [0.717, 1.165) is 6.07 Å². The highest BCUT2D eigenvalue weighted by atomic mass is 19.2. The zero-order chi connectivity index (χ0) is 15.7. The lowest BCUT2D eigenvalue weighted by Crippen LogP contribution is -2.27. The van der Waals surface area contributed by atoms with Crippen LogP contribution in [-0.2, 0) is 12.8 Å². The van der Waals surface area contributed by atoms with Crippen LogP contribution in [0.3, 0.4) is 0 Å². The van der Waals surface area contributed by atoms with Crippen LogP contribution in [0.15, 0.2) is 15.7 Å². The Hall–Kier alpha value is -2.45. The Labute approximate surface area is 113 Å². The van der Waals surface area contributed by atoms with Crippen molar-refractivity contribution in [2.45, 2.75) is 12.8 Å². The molecule has 0 aliphatic rings. The molecule has 0 spiro atoms. The van der Waals surface area contributed by atoms with Crippen LogP contribution in [-0.4, -0.2) is 10.2 Å². The minimum absolute atomic E-state index is 0.0866. The van der Waals surface area contributed by atoms with Crippen LogP contribution < -0.4 is 11.0 Å². The fourth-order valence-corrected chi connectivity index (χ4v) is 1.72. The summed E-state index contributed by atoms with van der Waals surface area (Å²) in [5, 5.41) is 4.26. The number of aromatic nitrogens is 2.